The molecule has 0 aromatic rings. The van der Waals surface area contributed by atoms with Crippen molar-refractivity contribution in [2.45, 2.75) is 44.9 Å². The van der Waals surface area contributed by atoms with E-state index in [1.807, 2.05) is 25.7 Å². The van der Waals surface area contributed by atoms with Crippen molar-refractivity contribution in [1.82, 2.24) is 4.90 Å². The van der Waals surface area contributed by atoms with Crippen LogP contribution in [0.15, 0.2) is 0 Å². The van der Waals surface area contributed by atoms with Crippen molar-refractivity contribution < 1.29 is 14.4 Å². The average molecular weight is 212 g/mol. The first-order chi connectivity index (χ1) is 6.87. The highest BCUT2D eigenvalue weighted by Gasteiger charge is 2.46. The SMILES string of the molecule is [CH2-][NH+]1C[C@@H]2C[C@H]1CN2C(=O)OC(C)(C)C. The van der Waals surface area contributed by atoms with Crippen molar-refractivity contribution in [3.63, 3.8) is 0 Å². The van der Waals surface area contributed by atoms with Crippen LogP contribution in [0.4, 0.5) is 4.79 Å². The van der Waals surface area contributed by atoms with E-state index in [-0.39, 0.29) is 6.09 Å². The summed E-state index contributed by atoms with van der Waals surface area (Å²) in [7, 11) is 4.03. The van der Waals surface area contributed by atoms with Crippen LogP contribution in [0.5, 0.6) is 0 Å². The van der Waals surface area contributed by atoms with E-state index in [9.17, 15) is 4.79 Å². The molecule has 1 amide bonds. The zero-order valence-corrected chi connectivity index (χ0v) is 9.75. The number of hydrogen-bond acceptors (Lipinski definition) is 2. The van der Waals surface area contributed by atoms with Crippen LogP contribution in [-0.2, 0) is 4.74 Å². The summed E-state index contributed by atoms with van der Waals surface area (Å²) in [6, 6.07) is 0.861. The second kappa shape index (κ2) is 3.37. The lowest BCUT2D eigenvalue weighted by atomic mass is 10.2. The number of nitrogens with zero attached hydrogens (tertiary/aromatic N) is 1. The van der Waals surface area contributed by atoms with Gasteiger partial charge in [0.25, 0.3) is 0 Å². The Kier molecular flexibility index (Phi) is 2.41. The molecule has 2 aliphatic heterocycles. The Morgan fingerprint density at radius 3 is 2.60 bits per heavy atom. The molecule has 3 atom stereocenters. The summed E-state index contributed by atoms with van der Waals surface area (Å²) in [5.41, 5.74) is -0.393. The summed E-state index contributed by atoms with van der Waals surface area (Å²) < 4.78 is 5.37. The van der Waals surface area contributed by atoms with Crippen LogP contribution in [0.1, 0.15) is 27.2 Å². The Hall–Kier alpha value is -0.770. The summed E-state index contributed by atoms with van der Waals surface area (Å²) in [5.74, 6) is 0. The zero-order chi connectivity index (χ0) is 11.2. The van der Waals surface area contributed by atoms with E-state index >= 15 is 0 Å². The van der Waals surface area contributed by atoms with E-state index in [0.29, 0.717) is 12.1 Å². The van der Waals surface area contributed by atoms with E-state index in [4.69, 9.17) is 4.74 Å². The molecular weight excluding hydrogens is 192 g/mol. The topological polar surface area (TPSA) is 34.0 Å². The van der Waals surface area contributed by atoms with Crippen LogP contribution in [0.25, 0.3) is 0 Å². The molecule has 2 bridgehead atoms. The molecule has 15 heavy (non-hydrogen) atoms. The first-order valence-electron chi connectivity index (χ1n) is 5.54. The average Bonchev–Trinajstić information content (AvgIpc) is 2.58. The third-order valence-electron chi connectivity index (χ3n) is 3.12. The number of carbonyl (C=O) groups excluding carboxylic acids is 1. The van der Waals surface area contributed by atoms with Gasteiger partial charge in [0.15, 0.2) is 0 Å². The second-order valence-electron chi connectivity index (χ2n) is 5.58. The maximum absolute atomic E-state index is 11.8. The molecule has 0 aromatic carbocycles. The third-order valence-corrected chi connectivity index (χ3v) is 3.12. The fraction of sp³-hybridized carbons (Fsp3) is 0.818. The van der Waals surface area contributed by atoms with E-state index in [0.717, 1.165) is 19.5 Å². The summed E-state index contributed by atoms with van der Waals surface area (Å²) in [4.78, 5) is 15.0. The van der Waals surface area contributed by atoms with Gasteiger partial charge in [0.05, 0.1) is 25.2 Å². The van der Waals surface area contributed by atoms with Crippen molar-refractivity contribution in [1.29, 1.82) is 0 Å². The minimum absolute atomic E-state index is 0.164. The van der Waals surface area contributed by atoms with Crippen LogP contribution in [0.2, 0.25) is 0 Å². The minimum Gasteiger partial charge on any atom is -0.462 e. The minimum atomic E-state index is -0.393. The normalized spacial score (nSPS) is 34.7. The maximum atomic E-state index is 11.8. The van der Waals surface area contributed by atoms with Crippen molar-refractivity contribution in [3.05, 3.63) is 7.05 Å². The Morgan fingerprint density at radius 1 is 1.53 bits per heavy atom. The lowest BCUT2D eigenvalue weighted by molar-refractivity contribution is -0.871. The van der Waals surface area contributed by atoms with E-state index in [1.165, 1.54) is 4.90 Å². The predicted molar refractivity (Wildman–Crippen MR) is 56.3 cm³/mol. The highest BCUT2D eigenvalue weighted by Crippen LogP contribution is 2.22. The second-order valence-corrected chi connectivity index (χ2v) is 5.58. The molecule has 4 heteroatoms. The summed E-state index contributed by atoms with van der Waals surface area (Å²) >= 11 is 0. The molecule has 0 spiro atoms. The van der Waals surface area contributed by atoms with E-state index in [2.05, 4.69) is 7.05 Å². The van der Waals surface area contributed by atoms with Gasteiger partial charge in [-0.05, 0) is 20.8 Å². The molecule has 0 radical (unpaired) electrons. The smallest absolute Gasteiger partial charge is 0.410 e. The summed E-state index contributed by atoms with van der Waals surface area (Å²) in [6.07, 6.45) is 0.917. The van der Waals surface area contributed by atoms with Gasteiger partial charge in [-0.3, -0.25) is 4.90 Å². The Balaban J connectivity index is 1.94. The largest absolute Gasteiger partial charge is 0.462 e. The molecule has 2 aliphatic rings. The molecule has 2 fully saturated rings. The molecule has 2 heterocycles. The Morgan fingerprint density at radius 2 is 2.20 bits per heavy atom. The lowest BCUT2D eigenvalue weighted by Crippen LogP contribution is -3.11. The van der Waals surface area contributed by atoms with Gasteiger partial charge < -0.3 is 9.64 Å². The fourth-order valence-corrected chi connectivity index (χ4v) is 2.42. The van der Waals surface area contributed by atoms with Gasteiger partial charge in [-0.2, -0.15) is 7.05 Å². The van der Waals surface area contributed by atoms with Gasteiger partial charge in [0, 0.05) is 6.42 Å². The first-order valence-corrected chi connectivity index (χ1v) is 5.54. The highest BCUT2D eigenvalue weighted by atomic mass is 16.6. The van der Waals surface area contributed by atoms with Crippen molar-refractivity contribution in [2.75, 3.05) is 13.1 Å². The molecular formula is C11H20N2O2. The molecule has 2 saturated heterocycles. The van der Waals surface area contributed by atoms with Gasteiger partial charge in [-0.15, -0.1) is 0 Å². The number of rotatable bonds is 0. The zero-order valence-electron chi connectivity index (χ0n) is 9.75. The number of nitrogens with one attached hydrogen (secondary N) is 1. The van der Waals surface area contributed by atoms with Gasteiger partial charge in [0.2, 0.25) is 0 Å². The number of ether oxygens (including phenoxy) is 1. The molecule has 1 N–H and O–H groups in total. The van der Waals surface area contributed by atoms with Crippen LogP contribution in [-0.4, -0.2) is 41.8 Å². The van der Waals surface area contributed by atoms with E-state index < -0.39 is 5.60 Å². The van der Waals surface area contributed by atoms with Gasteiger partial charge >= 0.3 is 6.09 Å². The molecule has 0 aliphatic carbocycles. The number of carbonyl (C=O) groups is 1. The van der Waals surface area contributed by atoms with E-state index in [1.54, 1.807) is 0 Å². The van der Waals surface area contributed by atoms with Crippen molar-refractivity contribution in [2.24, 2.45) is 0 Å². The predicted octanol–water partition coefficient (Wildman–Crippen LogP) is 0.0545. The van der Waals surface area contributed by atoms with Crippen molar-refractivity contribution in [3.8, 4) is 0 Å². The molecule has 0 saturated carbocycles. The lowest BCUT2D eigenvalue weighted by Gasteiger charge is -2.34. The molecule has 4 nitrogen and oxygen atoms in total. The van der Waals surface area contributed by atoms with Crippen LogP contribution >= 0.6 is 0 Å². The molecule has 0 aromatic heterocycles. The first kappa shape index (κ1) is 10.7. The van der Waals surface area contributed by atoms with Gasteiger partial charge in [-0.25, -0.2) is 4.79 Å². The number of likely N-dealkylation sites (tertiary alicyclic amines) is 2. The number of fused-ring (bicyclic) bond motifs is 2. The Bertz CT molecular complexity index is 270. The van der Waals surface area contributed by atoms with Crippen molar-refractivity contribution >= 4 is 6.09 Å². The molecule has 2 rings (SSSR count). The number of piperazine rings is 1. The summed E-state index contributed by atoms with van der Waals surface area (Å²) in [5, 5.41) is 0. The van der Waals surface area contributed by atoms with Gasteiger partial charge in [0.1, 0.15) is 5.60 Å². The number of amides is 1. The fourth-order valence-electron chi connectivity index (χ4n) is 2.42. The molecule has 86 valence electrons. The third kappa shape index (κ3) is 2.09. The Labute approximate surface area is 91.2 Å². The number of quaternary nitrogens is 1. The monoisotopic (exact) mass is 212 g/mol. The highest BCUT2D eigenvalue weighted by molar-refractivity contribution is 5.69. The number of hydrogen-bond donors (Lipinski definition) is 1. The molecule has 1 unspecified atom stereocenters. The quantitative estimate of drug-likeness (QED) is 0.576. The van der Waals surface area contributed by atoms with Crippen LogP contribution in [0, 0.1) is 7.05 Å². The van der Waals surface area contributed by atoms with Crippen LogP contribution < -0.4 is 4.90 Å². The maximum Gasteiger partial charge on any atom is 0.410 e. The van der Waals surface area contributed by atoms with Gasteiger partial charge in [-0.1, -0.05) is 0 Å². The standard InChI is InChI=1S/C11H20N2O2/c1-11(2,3)15-10(14)13-7-8-5-9(13)6-12(8)4/h8-9,12H,4-7H2,1-3H3/t8-,9-/m0/s1. The van der Waals surface area contributed by atoms with Crippen LogP contribution in [0.3, 0.4) is 0 Å². The summed E-state index contributed by atoms with van der Waals surface area (Å²) in [6.45, 7) is 7.47.